The quantitative estimate of drug-likeness (QED) is 0.406. The molecule has 0 unspecified atom stereocenters. The van der Waals surface area contributed by atoms with Crippen molar-refractivity contribution in [1.29, 1.82) is 0 Å². The van der Waals surface area contributed by atoms with E-state index in [-0.39, 0.29) is 72.8 Å². The van der Waals surface area contributed by atoms with Crippen molar-refractivity contribution in [2.45, 2.75) is 0 Å². The van der Waals surface area contributed by atoms with Crippen LogP contribution in [0, 0.1) is 39.9 Å². The Hall–Kier alpha value is 1.08. The number of hydrogen-bond acceptors (Lipinski definition) is 0. The Labute approximate surface area is 72.4 Å². The maximum Gasteiger partial charge on any atom is 3.00 e. The van der Waals surface area contributed by atoms with Crippen molar-refractivity contribution in [2.24, 2.45) is 0 Å². The summed E-state index contributed by atoms with van der Waals surface area (Å²) in [6.07, 6.45) is 0. The van der Waals surface area contributed by atoms with Gasteiger partial charge in [-0.1, -0.05) is 0 Å². The van der Waals surface area contributed by atoms with E-state index in [2.05, 4.69) is 0 Å². The van der Waals surface area contributed by atoms with Crippen LogP contribution in [0.25, 0.3) is 0 Å². The first-order valence-corrected chi connectivity index (χ1v) is 0. The Balaban J connectivity index is 0. The summed E-state index contributed by atoms with van der Waals surface area (Å²) in [4.78, 5) is 0. The van der Waals surface area contributed by atoms with Crippen molar-refractivity contribution in [3.05, 3.63) is 0 Å². The molecule has 0 aliphatic rings. The first kappa shape index (κ1) is 345. The largest absolute Gasteiger partial charge is 3.00 e. The SMILES string of the molecule is O.O.O.O.O.O.[Gd+3]. The van der Waals surface area contributed by atoms with Gasteiger partial charge in [0.15, 0.2) is 0 Å². The molecule has 1 radical (unpaired) electrons. The van der Waals surface area contributed by atoms with Crippen LogP contribution in [0.4, 0.5) is 0 Å². The molecule has 53 valence electrons. The van der Waals surface area contributed by atoms with Crippen molar-refractivity contribution in [3.8, 4) is 0 Å². The Morgan fingerprint density at radius 2 is 0.286 bits per heavy atom. The summed E-state index contributed by atoms with van der Waals surface area (Å²) in [5.41, 5.74) is 0. The van der Waals surface area contributed by atoms with Gasteiger partial charge < -0.3 is 32.9 Å². The van der Waals surface area contributed by atoms with Crippen molar-refractivity contribution < 1.29 is 72.8 Å². The molecule has 0 rings (SSSR count). The monoisotopic (exact) mass is 266 g/mol. The number of rotatable bonds is 0. The standard InChI is InChI=1S/Gd.6H2O/h;6*1H2/q+3;;;;;;. The van der Waals surface area contributed by atoms with Crippen LogP contribution < -0.4 is 0 Å². The summed E-state index contributed by atoms with van der Waals surface area (Å²) in [5.74, 6) is 0. The van der Waals surface area contributed by atoms with E-state index < -0.39 is 0 Å². The van der Waals surface area contributed by atoms with E-state index in [1.165, 1.54) is 0 Å². The molecule has 7 heavy (non-hydrogen) atoms. The molecule has 0 fully saturated rings. The van der Waals surface area contributed by atoms with Crippen LogP contribution in [0.3, 0.4) is 0 Å². The van der Waals surface area contributed by atoms with Crippen LogP contribution in [0.15, 0.2) is 0 Å². The zero-order chi connectivity index (χ0) is 0. The zero-order valence-electron chi connectivity index (χ0n) is 3.35. The van der Waals surface area contributed by atoms with Crippen LogP contribution in [0.1, 0.15) is 0 Å². The van der Waals surface area contributed by atoms with Gasteiger partial charge in [0.2, 0.25) is 0 Å². The minimum Gasteiger partial charge on any atom is -0.412 e. The second-order valence-electron chi connectivity index (χ2n) is 0. The predicted octanol–water partition coefficient (Wildman–Crippen LogP) is -4.95. The summed E-state index contributed by atoms with van der Waals surface area (Å²) in [5, 5.41) is 0. The minimum absolute atomic E-state index is 0. The summed E-state index contributed by atoms with van der Waals surface area (Å²) in [7, 11) is 0. The fraction of sp³-hybridized carbons (Fsp3) is 0. The van der Waals surface area contributed by atoms with Crippen LogP contribution in [0.2, 0.25) is 0 Å². The predicted molar refractivity (Wildman–Crippen MR) is 21.7 cm³/mol. The van der Waals surface area contributed by atoms with Crippen molar-refractivity contribution in [3.63, 3.8) is 0 Å². The van der Waals surface area contributed by atoms with Gasteiger partial charge in [-0.15, -0.1) is 0 Å². The van der Waals surface area contributed by atoms with Gasteiger partial charge in [-0.25, -0.2) is 0 Å². The molecule has 0 saturated heterocycles. The summed E-state index contributed by atoms with van der Waals surface area (Å²) >= 11 is 0. The normalized spacial score (nSPS) is 0. The van der Waals surface area contributed by atoms with Crippen LogP contribution in [0.5, 0.6) is 0 Å². The maximum atomic E-state index is 0. The van der Waals surface area contributed by atoms with Crippen LogP contribution >= 0.6 is 0 Å². The molecule has 12 N–H and O–H groups in total. The fourth-order valence-corrected chi connectivity index (χ4v) is 0. The summed E-state index contributed by atoms with van der Waals surface area (Å²) in [6.45, 7) is 0. The topological polar surface area (TPSA) is 189 Å². The van der Waals surface area contributed by atoms with Gasteiger partial charge in [-0.3, -0.25) is 0 Å². The van der Waals surface area contributed by atoms with Crippen molar-refractivity contribution in [2.75, 3.05) is 0 Å². The van der Waals surface area contributed by atoms with Gasteiger partial charge in [0.25, 0.3) is 0 Å². The van der Waals surface area contributed by atoms with E-state index in [1.54, 1.807) is 0 Å². The van der Waals surface area contributed by atoms with Gasteiger partial charge in [0, 0.05) is 0 Å². The van der Waals surface area contributed by atoms with Crippen molar-refractivity contribution in [1.82, 2.24) is 0 Å². The third-order valence-corrected chi connectivity index (χ3v) is 0. The molecule has 0 aromatic heterocycles. The van der Waals surface area contributed by atoms with Gasteiger partial charge in [0.1, 0.15) is 0 Å². The first-order valence-electron chi connectivity index (χ1n) is 0. The van der Waals surface area contributed by atoms with Crippen LogP contribution in [-0.4, -0.2) is 32.9 Å². The first-order chi connectivity index (χ1) is 0. The smallest absolute Gasteiger partial charge is 0.412 e. The molecular formula is H12GdO6+3. The molecule has 0 heterocycles. The van der Waals surface area contributed by atoms with E-state index >= 15 is 0 Å². The molecule has 0 bridgehead atoms. The van der Waals surface area contributed by atoms with Gasteiger partial charge >= 0.3 is 39.9 Å². The molecule has 0 aromatic rings. The summed E-state index contributed by atoms with van der Waals surface area (Å²) in [6, 6.07) is 0. The van der Waals surface area contributed by atoms with E-state index in [0.717, 1.165) is 0 Å². The Bertz CT molecular complexity index is 4.14. The average molecular weight is 265 g/mol. The van der Waals surface area contributed by atoms with E-state index in [4.69, 9.17) is 0 Å². The molecule has 0 aliphatic carbocycles. The zero-order valence-corrected chi connectivity index (χ0v) is 5.62. The van der Waals surface area contributed by atoms with Crippen molar-refractivity contribution >= 4 is 0 Å². The third-order valence-electron chi connectivity index (χ3n) is 0. The molecule has 0 aliphatic heterocycles. The molecule has 6 nitrogen and oxygen atoms in total. The minimum atomic E-state index is 0. The molecule has 0 atom stereocenters. The Morgan fingerprint density at radius 1 is 0.286 bits per heavy atom. The number of hydrogen-bond donors (Lipinski definition) is 0. The molecule has 0 amide bonds. The Kier molecular flexibility index (Phi) is 11000. The molecule has 7 heteroatoms. The van der Waals surface area contributed by atoms with Gasteiger partial charge in [-0.05, 0) is 0 Å². The van der Waals surface area contributed by atoms with Gasteiger partial charge in [-0.2, -0.15) is 0 Å². The van der Waals surface area contributed by atoms with Gasteiger partial charge in [0.05, 0.1) is 0 Å². The second kappa shape index (κ2) is 223. The fourth-order valence-electron chi connectivity index (χ4n) is 0. The summed E-state index contributed by atoms with van der Waals surface area (Å²) < 4.78 is 0. The maximum absolute atomic E-state index is 0. The second-order valence-corrected chi connectivity index (χ2v) is 0. The third kappa shape index (κ3) is 156. The average Bonchev–Trinajstić information content (AvgIpc) is 0. The molecule has 0 aromatic carbocycles. The Morgan fingerprint density at radius 3 is 0.286 bits per heavy atom. The van der Waals surface area contributed by atoms with E-state index in [9.17, 15) is 0 Å². The van der Waals surface area contributed by atoms with E-state index in [1.807, 2.05) is 0 Å². The molecular weight excluding hydrogens is 253 g/mol. The van der Waals surface area contributed by atoms with E-state index in [0.29, 0.717) is 0 Å². The molecule has 0 saturated carbocycles. The van der Waals surface area contributed by atoms with Crippen LogP contribution in [-0.2, 0) is 0 Å². The molecule has 0 spiro atoms.